The van der Waals surface area contributed by atoms with E-state index >= 15 is 0 Å². The second kappa shape index (κ2) is 4.94. The van der Waals surface area contributed by atoms with E-state index in [9.17, 15) is 9.59 Å². The molecule has 1 aliphatic carbocycles. The molecule has 1 fully saturated rings. The molecule has 1 aliphatic heterocycles. The molecular weight excluding hydrogens is 310 g/mol. The van der Waals surface area contributed by atoms with Gasteiger partial charge in [-0.1, -0.05) is 15.9 Å². The summed E-state index contributed by atoms with van der Waals surface area (Å²) in [5.74, 6) is -0.175. The molecule has 1 aromatic rings. The van der Waals surface area contributed by atoms with Crippen molar-refractivity contribution in [2.45, 2.75) is 24.9 Å². The summed E-state index contributed by atoms with van der Waals surface area (Å²) >= 11 is 3.39. The van der Waals surface area contributed by atoms with E-state index in [-0.39, 0.29) is 18.4 Å². The van der Waals surface area contributed by atoms with Gasteiger partial charge in [-0.3, -0.25) is 14.9 Å². The maximum Gasteiger partial charge on any atom is 0.246 e. The number of benzene rings is 1. The third kappa shape index (κ3) is 2.79. The van der Waals surface area contributed by atoms with Crippen molar-refractivity contribution in [3.63, 3.8) is 0 Å². The third-order valence-electron chi connectivity index (χ3n) is 3.25. The van der Waals surface area contributed by atoms with Crippen molar-refractivity contribution in [2.24, 2.45) is 0 Å². The fraction of sp³-hybridized carbons (Fsp3) is 0.385. The van der Waals surface area contributed by atoms with Gasteiger partial charge in [-0.2, -0.15) is 0 Å². The fourth-order valence-electron chi connectivity index (χ4n) is 2.14. The first-order chi connectivity index (χ1) is 9.13. The molecule has 2 aliphatic rings. The maximum absolute atomic E-state index is 11.9. The van der Waals surface area contributed by atoms with Crippen LogP contribution in [0.5, 0.6) is 0 Å². The molecule has 0 radical (unpaired) electrons. The molecule has 0 saturated heterocycles. The standard InChI is InChI=1S/C13H14BrN3O2/c14-7-1-4-10-9(5-7)12(13(19)17-10)15-6-11(18)16-8-2-3-8/h1,4-5,8,12,15H,2-3,6H2,(H,16,18)(H,17,19). The van der Waals surface area contributed by atoms with Crippen molar-refractivity contribution in [3.8, 4) is 0 Å². The summed E-state index contributed by atoms with van der Waals surface area (Å²) in [7, 11) is 0. The summed E-state index contributed by atoms with van der Waals surface area (Å²) in [4.78, 5) is 23.5. The van der Waals surface area contributed by atoms with Gasteiger partial charge in [0.05, 0.1) is 6.54 Å². The number of hydrogen-bond acceptors (Lipinski definition) is 3. The van der Waals surface area contributed by atoms with Gasteiger partial charge in [0.15, 0.2) is 0 Å². The highest BCUT2D eigenvalue weighted by Crippen LogP contribution is 2.32. The lowest BCUT2D eigenvalue weighted by molar-refractivity contribution is -0.121. The van der Waals surface area contributed by atoms with Gasteiger partial charge in [-0.25, -0.2) is 0 Å². The molecule has 2 amide bonds. The van der Waals surface area contributed by atoms with Gasteiger partial charge in [0, 0.05) is 21.8 Å². The number of anilines is 1. The Morgan fingerprint density at radius 3 is 2.95 bits per heavy atom. The first-order valence-electron chi connectivity index (χ1n) is 6.26. The predicted molar refractivity (Wildman–Crippen MR) is 74.7 cm³/mol. The minimum atomic E-state index is -0.461. The Balaban J connectivity index is 1.65. The first-order valence-corrected chi connectivity index (χ1v) is 7.06. The van der Waals surface area contributed by atoms with Gasteiger partial charge >= 0.3 is 0 Å². The normalized spacial score (nSPS) is 20.9. The molecular formula is C13H14BrN3O2. The van der Waals surface area contributed by atoms with Crippen LogP contribution in [0, 0.1) is 0 Å². The Bertz CT molecular complexity index is 543. The lowest BCUT2D eigenvalue weighted by atomic mass is 10.1. The lowest BCUT2D eigenvalue weighted by Gasteiger charge is -2.11. The fourth-order valence-corrected chi connectivity index (χ4v) is 2.51. The molecule has 1 atom stereocenters. The van der Waals surface area contributed by atoms with Crippen molar-refractivity contribution in [2.75, 3.05) is 11.9 Å². The SMILES string of the molecule is O=C(CNC1C(=O)Nc2ccc(Br)cc21)NC1CC1. The zero-order valence-electron chi connectivity index (χ0n) is 10.2. The summed E-state index contributed by atoms with van der Waals surface area (Å²) < 4.78 is 0.914. The summed E-state index contributed by atoms with van der Waals surface area (Å²) in [6.45, 7) is 0.153. The molecule has 1 unspecified atom stereocenters. The second-order valence-corrected chi connectivity index (χ2v) is 5.79. The number of carbonyl (C=O) groups excluding carboxylic acids is 2. The van der Waals surface area contributed by atoms with Crippen LogP contribution in [0.1, 0.15) is 24.4 Å². The van der Waals surface area contributed by atoms with E-state index < -0.39 is 6.04 Å². The van der Waals surface area contributed by atoms with Crippen LogP contribution in [-0.4, -0.2) is 24.4 Å². The highest BCUT2D eigenvalue weighted by Gasteiger charge is 2.31. The Morgan fingerprint density at radius 1 is 1.42 bits per heavy atom. The molecule has 0 bridgehead atoms. The topological polar surface area (TPSA) is 70.2 Å². The van der Waals surface area contributed by atoms with Crippen LogP contribution >= 0.6 is 15.9 Å². The number of amides is 2. The van der Waals surface area contributed by atoms with Crippen LogP contribution in [-0.2, 0) is 9.59 Å². The van der Waals surface area contributed by atoms with Gasteiger partial charge in [0.2, 0.25) is 11.8 Å². The molecule has 19 heavy (non-hydrogen) atoms. The van der Waals surface area contributed by atoms with E-state index in [1.165, 1.54) is 0 Å². The van der Waals surface area contributed by atoms with Crippen LogP contribution in [0.3, 0.4) is 0 Å². The molecule has 1 heterocycles. The van der Waals surface area contributed by atoms with Crippen molar-refractivity contribution in [3.05, 3.63) is 28.2 Å². The number of carbonyl (C=O) groups is 2. The summed E-state index contributed by atoms with van der Waals surface area (Å²) in [6.07, 6.45) is 2.12. The number of halogens is 1. The second-order valence-electron chi connectivity index (χ2n) is 4.88. The number of fused-ring (bicyclic) bond motifs is 1. The van der Waals surface area contributed by atoms with Crippen molar-refractivity contribution in [1.29, 1.82) is 0 Å². The smallest absolute Gasteiger partial charge is 0.246 e. The predicted octanol–water partition coefficient (Wildman–Crippen LogP) is 1.31. The molecule has 6 heteroatoms. The average molecular weight is 324 g/mol. The Labute approximate surface area is 119 Å². The van der Waals surface area contributed by atoms with Crippen molar-refractivity contribution >= 4 is 33.4 Å². The van der Waals surface area contributed by atoms with Gasteiger partial charge in [0.25, 0.3) is 0 Å². The largest absolute Gasteiger partial charge is 0.352 e. The van der Waals surface area contributed by atoms with Crippen LogP contribution in [0.25, 0.3) is 0 Å². The molecule has 0 aromatic heterocycles. The van der Waals surface area contributed by atoms with Gasteiger partial charge in [-0.05, 0) is 31.0 Å². The summed E-state index contributed by atoms with van der Waals surface area (Å²) in [5.41, 5.74) is 1.67. The average Bonchev–Trinajstić information content (AvgIpc) is 3.11. The maximum atomic E-state index is 11.9. The highest BCUT2D eigenvalue weighted by molar-refractivity contribution is 9.10. The lowest BCUT2D eigenvalue weighted by Crippen LogP contribution is -2.38. The zero-order valence-corrected chi connectivity index (χ0v) is 11.8. The zero-order chi connectivity index (χ0) is 13.4. The number of hydrogen-bond donors (Lipinski definition) is 3. The molecule has 3 N–H and O–H groups in total. The minimum absolute atomic E-state index is 0.0567. The molecule has 5 nitrogen and oxygen atoms in total. The van der Waals surface area contributed by atoms with Gasteiger partial charge < -0.3 is 10.6 Å². The molecule has 1 saturated carbocycles. The van der Waals surface area contributed by atoms with Gasteiger partial charge in [-0.15, -0.1) is 0 Å². The van der Waals surface area contributed by atoms with Crippen LogP contribution < -0.4 is 16.0 Å². The van der Waals surface area contributed by atoms with E-state index in [4.69, 9.17) is 0 Å². The summed E-state index contributed by atoms with van der Waals surface area (Å²) in [5, 5.41) is 8.69. The highest BCUT2D eigenvalue weighted by atomic mass is 79.9. The van der Waals surface area contributed by atoms with Crippen LogP contribution in [0.2, 0.25) is 0 Å². The Morgan fingerprint density at radius 2 is 2.21 bits per heavy atom. The third-order valence-corrected chi connectivity index (χ3v) is 3.75. The van der Waals surface area contributed by atoms with Gasteiger partial charge in [0.1, 0.15) is 6.04 Å². The van der Waals surface area contributed by atoms with E-state index in [0.29, 0.717) is 6.04 Å². The first kappa shape index (κ1) is 12.6. The Hall–Kier alpha value is -1.40. The quantitative estimate of drug-likeness (QED) is 0.782. The van der Waals surface area contributed by atoms with Crippen LogP contribution in [0.15, 0.2) is 22.7 Å². The van der Waals surface area contributed by atoms with Crippen LogP contribution in [0.4, 0.5) is 5.69 Å². The number of nitrogens with one attached hydrogen (secondary N) is 3. The molecule has 3 rings (SSSR count). The Kier molecular flexibility index (Phi) is 3.28. The molecule has 0 spiro atoms. The monoisotopic (exact) mass is 323 g/mol. The van der Waals surface area contributed by atoms with E-state index in [2.05, 4.69) is 31.9 Å². The van der Waals surface area contributed by atoms with Crippen molar-refractivity contribution in [1.82, 2.24) is 10.6 Å². The molecule has 100 valence electrons. The van der Waals surface area contributed by atoms with E-state index in [1.54, 1.807) is 0 Å². The van der Waals surface area contributed by atoms with E-state index in [0.717, 1.165) is 28.6 Å². The minimum Gasteiger partial charge on any atom is -0.352 e. The van der Waals surface area contributed by atoms with E-state index in [1.807, 2.05) is 18.2 Å². The summed E-state index contributed by atoms with van der Waals surface area (Å²) in [6, 6.07) is 5.50. The molecule has 1 aromatic carbocycles. The number of rotatable bonds is 4. The van der Waals surface area contributed by atoms with Crippen molar-refractivity contribution < 1.29 is 9.59 Å².